The summed E-state index contributed by atoms with van der Waals surface area (Å²) in [5.74, 6) is -1.18. The van der Waals surface area contributed by atoms with Crippen LogP contribution in [0.2, 0.25) is 0 Å². The first-order valence-corrected chi connectivity index (χ1v) is 8.03. The number of aromatic nitrogens is 1. The van der Waals surface area contributed by atoms with Crippen molar-refractivity contribution in [2.75, 3.05) is 14.2 Å². The van der Waals surface area contributed by atoms with E-state index in [4.69, 9.17) is 0 Å². The van der Waals surface area contributed by atoms with Crippen LogP contribution in [0.15, 0.2) is 47.6 Å². The van der Waals surface area contributed by atoms with Crippen molar-refractivity contribution >= 4 is 16.0 Å². The average molecular weight is 338 g/mol. The van der Waals surface area contributed by atoms with Gasteiger partial charge >= 0.3 is 5.97 Å². The predicted octanol–water partition coefficient (Wildman–Crippen LogP) is 1.83. The summed E-state index contributed by atoms with van der Waals surface area (Å²) in [7, 11) is -1.41. The number of ether oxygens (including phenoxy) is 1. The summed E-state index contributed by atoms with van der Waals surface area (Å²) < 4.78 is 44.2. The summed E-state index contributed by atoms with van der Waals surface area (Å²) >= 11 is 0. The molecular formula is C15H15FN2O4S. The van der Waals surface area contributed by atoms with Crippen LogP contribution in [-0.2, 0) is 21.3 Å². The van der Waals surface area contributed by atoms with Crippen molar-refractivity contribution < 1.29 is 22.3 Å². The molecule has 2 aromatic rings. The Morgan fingerprint density at radius 2 is 2.00 bits per heavy atom. The first-order chi connectivity index (χ1) is 10.9. The number of nitrogens with zero attached hydrogens (tertiary/aromatic N) is 2. The van der Waals surface area contributed by atoms with E-state index in [0.29, 0.717) is 0 Å². The fourth-order valence-corrected chi connectivity index (χ4v) is 3.06. The summed E-state index contributed by atoms with van der Waals surface area (Å²) in [6.07, 6.45) is 2.33. The van der Waals surface area contributed by atoms with E-state index >= 15 is 0 Å². The highest BCUT2D eigenvalue weighted by molar-refractivity contribution is 7.89. The molecule has 0 aliphatic heterocycles. The average Bonchev–Trinajstić information content (AvgIpc) is 2.56. The molecule has 0 radical (unpaired) electrons. The Morgan fingerprint density at radius 1 is 1.30 bits per heavy atom. The van der Waals surface area contributed by atoms with Gasteiger partial charge in [0.2, 0.25) is 10.0 Å². The number of sulfonamides is 1. The quantitative estimate of drug-likeness (QED) is 0.778. The largest absolute Gasteiger partial charge is 0.465 e. The molecule has 0 saturated heterocycles. The van der Waals surface area contributed by atoms with Crippen LogP contribution >= 0.6 is 0 Å². The number of pyridine rings is 1. The number of hydrogen-bond acceptors (Lipinski definition) is 5. The van der Waals surface area contributed by atoms with Gasteiger partial charge < -0.3 is 4.74 Å². The van der Waals surface area contributed by atoms with Gasteiger partial charge in [0.1, 0.15) is 10.7 Å². The van der Waals surface area contributed by atoms with Gasteiger partial charge in [-0.1, -0.05) is 18.2 Å². The highest BCUT2D eigenvalue weighted by atomic mass is 32.2. The van der Waals surface area contributed by atoms with Gasteiger partial charge in [-0.3, -0.25) is 4.98 Å². The van der Waals surface area contributed by atoms with Gasteiger partial charge in [-0.05, 0) is 12.1 Å². The van der Waals surface area contributed by atoms with Gasteiger partial charge in [0.05, 0.1) is 12.7 Å². The molecule has 0 saturated carbocycles. The molecule has 0 aliphatic rings. The van der Waals surface area contributed by atoms with Crippen LogP contribution in [-0.4, -0.2) is 37.8 Å². The fourth-order valence-electron chi connectivity index (χ4n) is 1.92. The molecule has 0 aliphatic carbocycles. The zero-order valence-electron chi connectivity index (χ0n) is 12.6. The molecule has 0 N–H and O–H groups in total. The van der Waals surface area contributed by atoms with E-state index in [2.05, 4.69) is 9.72 Å². The molecule has 1 aromatic carbocycles. The predicted molar refractivity (Wildman–Crippen MR) is 80.6 cm³/mol. The van der Waals surface area contributed by atoms with E-state index < -0.39 is 21.8 Å². The number of benzene rings is 1. The highest BCUT2D eigenvalue weighted by Crippen LogP contribution is 2.18. The number of carbonyl (C=O) groups is 1. The van der Waals surface area contributed by atoms with Crippen LogP contribution in [0.4, 0.5) is 4.39 Å². The van der Waals surface area contributed by atoms with Gasteiger partial charge in [0, 0.05) is 31.5 Å². The Kier molecular flexibility index (Phi) is 5.07. The van der Waals surface area contributed by atoms with Crippen LogP contribution in [0, 0.1) is 5.82 Å². The highest BCUT2D eigenvalue weighted by Gasteiger charge is 2.23. The van der Waals surface area contributed by atoms with Crippen molar-refractivity contribution in [2.45, 2.75) is 11.4 Å². The SMILES string of the molecule is COC(=O)c1cncc(S(=O)(=O)N(C)Cc2ccccc2F)c1. The number of esters is 1. The van der Waals surface area contributed by atoms with Crippen molar-refractivity contribution in [3.05, 3.63) is 59.7 Å². The van der Waals surface area contributed by atoms with Gasteiger partial charge in [-0.15, -0.1) is 0 Å². The van der Waals surface area contributed by atoms with Crippen LogP contribution in [0.1, 0.15) is 15.9 Å². The molecule has 2 rings (SSSR count). The number of hydrogen-bond donors (Lipinski definition) is 0. The molecule has 0 unspecified atom stereocenters. The van der Waals surface area contributed by atoms with Crippen LogP contribution in [0.25, 0.3) is 0 Å². The normalized spacial score (nSPS) is 11.5. The van der Waals surface area contributed by atoms with E-state index in [0.717, 1.165) is 10.5 Å². The van der Waals surface area contributed by atoms with Crippen LogP contribution in [0.3, 0.4) is 0 Å². The van der Waals surface area contributed by atoms with Crippen molar-refractivity contribution in [3.8, 4) is 0 Å². The third kappa shape index (κ3) is 3.72. The molecule has 1 heterocycles. The smallest absolute Gasteiger partial charge is 0.339 e. The van der Waals surface area contributed by atoms with E-state index in [1.54, 1.807) is 6.07 Å². The van der Waals surface area contributed by atoms with E-state index in [1.807, 2.05) is 0 Å². The fraction of sp³-hybridized carbons (Fsp3) is 0.200. The summed E-state index contributed by atoms with van der Waals surface area (Å²) in [5.41, 5.74) is 0.267. The molecule has 0 amide bonds. The third-order valence-corrected chi connectivity index (χ3v) is 4.96. The minimum atomic E-state index is -3.92. The summed E-state index contributed by atoms with van der Waals surface area (Å²) in [4.78, 5) is 15.1. The van der Waals surface area contributed by atoms with Crippen molar-refractivity contribution in [3.63, 3.8) is 0 Å². The number of methoxy groups -OCH3 is 1. The topological polar surface area (TPSA) is 76.6 Å². The maximum atomic E-state index is 13.7. The monoisotopic (exact) mass is 338 g/mol. The molecule has 0 spiro atoms. The number of rotatable bonds is 5. The second-order valence-electron chi connectivity index (χ2n) is 4.75. The second kappa shape index (κ2) is 6.84. The Bertz CT molecular complexity index is 824. The van der Waals surface area contributed by atoms with Crippen molar-refractivity contribution in [2.24, 2.45) is 0 Å². The second-order valence-corrected chi connectivity index (χ2v) is 6.80. The summed E-state index contributed by atoms with van der Waals surface area (Å²) in [5, 5.41) is 0. The van der Waals surface area contributed by atoms with E-state index in [-0.39, 0.29) is 22.6 Å². The number of halogens is 1. The molecule has 0 fully saturated rings. The van der Waals surface area contributed by atoms with Gasteiger partial charge in [0.15, 0.2) is 0 Å². The van der Waals surface area contributed by atoms with Crippen LogP contribution < -0.4 is 0 Å². The summed E-state index contributed by atoms with van der Waals surface area (Å²) in [6, 6.07) is 7.08. The molecule has 1 aromatic heterocycles. The lowest BCUT2D eigenvalue weighted by molar-refractivity contribution is 0.0600. The molecule has 122 valence electrons. The van der Waals surface area contributed by atoms with E-state index in [1.165, 1.54) is 44.6 Å². The molecular weight excluding hydrogens is 323 g/mol. The maximum absolute atomic E-state index is 13.7. The zero-order valence-corrected chi connectivity index (χ0v) is 13.4. The third-order valence-electron chi connectivity index (χ3n) is 3.19. The molecule has 8 heteroatoms. The lowest BCUT2D eigenvalue weighted by atomic mass is 10.2. The van der Waals surface area contributed by atoms with Gasteiger partial charge in [0.25, 0.3) is 0 Å². The molecule has 0 atom stereocenters. The lowest BCUT2D eigenvalue weighted by Gasteiger charge is -2.17. The van der Waals surface area contributed by atoms with E-state index in [9.17, 15) is 17.6 Å². The maximum Gasteiger partial charge on any atom is 0.339 e. The molecule has 0 bridgehead atoms. The minimum absolute atomic E-state index is 0.0212. The standard InChI is InChI=1S/C15H15FN2O4S/c1-18(10-11-5-3-4-6-14(11)16)23(20,21)13-7-12(8-17-9-13)15(19)22-2/h3-9H,10H2,1-2H3. The minimum Gasteiger partial charge on any atom is -0.465 e. The first-order valence-electron chi connectivity index (χ1n) is 6.59. The molecule has 23 heavy (non-hydrogen) atoms. The van der Waals surface area contributed by atoms with Crippen molar-refractivity contribution in [1.82, 2.24) is 9.29 Å². The Morgan fingerprint density at radius 3 is 2.65 bits per heavy atom. The molecule has 6 nitrogen and oxygen atoms in total. The van der Waals surface area contributed by atoms with Gasteiger partial charge in [-0.2, -0.15) is 4.31 Å². The Labute approximate surface area is 133 Å². The number of carbonyl (C=O) groups excluding carboxylic acids is 1. The zero-order chi connectivity index (χ0) is 17.0. The van der Waals surface area contributed by atoms with Crippen LogP contribution in [0.5, 0.6) is 0 Å². The Balaban J connectivity index is 2.31. The lowest BCUT2D eigenvalue weighted by Crippen LogP contribution is -2.27. The van der Waals surface area contributed by atoms with Crippen molar-refractivity contribution in [1.29, 1.82) is 0 Å². The van der Waals surface area contributed by atoms with Gasteiger partial charge in [-0.25, -0.2) is 17.6 Å². The summed E-state index contributed by atoms with van der Waals surface area (Å²) in [6.45, 7) is -0.141. The Hall–Kier alpha value is -2.32. The first kappa shape index (κ1) is 17.0.